The summed E-state index contributed by atoms with van der Waals surface area (Å²) in [5.74, 6) is -4.25. The van der Waals surface area contributed by atoms with E-state index in [4.69, 9.17) is 14.2 Å². The van der Waals surface area contributed by atoms with Gasteiger partial charge in [-0.2, -0.15) is 0 Å². The Kier molecular flexibility index (Phi) is 5.57. The number of esters is 3. The zero-order valence-electron chi connectivity index (χ0n) is 22.4. The van der Waals surface area contributed by atoms with Crippen LogP contribution in [0.25, 0.3) is 0 Å². The summed E-state index contributed by atoms with van der Waals surface area (Å²) in [5, 5.41) is 0. The lowest BCUT2D eigenvalue weighted by Gasteiger charge is -2.68. The summed E-state index contributed by atoms with van der Waals surface area (Å²) in [5.41, 5.74) is -5.27. The van der Waals surface area contributed by atoms with Gasteiger partial charge < -0.3 is 14.2 Å². The van der Waals surface area contributed by atoms with Gasteiger partial charge in [-0.15, -0.1) is 0 Å². The second-order valence-corrected chi connectivity index (χ2v) is 12.4. The normalized spacial score (nSPS) is 45.1. The summed E-state index contributed by atoms with van der Waals surface area (Å²) < 4.78 is 16.3. The van der Waals surface area contributed by atoms with Crippen molar-refractivity contribution in [2.75, 3.05) is 7.11 Å². The maximum Gasteiger partial charge on any atom is 0.358 e. The lowest BCUT2D eigenvalue weighted by molar-refractivity contribution is -0.231. The van der Waals surface area contributed by atoms with Crippen LogP contribution in [0, 0.1) is 39.4 Å². The van der Waals surface area contributed by atoms with E-state index in [1.54, 1.807) is 13.0 Å². The minimum Gasteiger partial charge on any atom is -0.466 e. The van der Waals surface area contributed by atoms with Gasteiger partial charge in [-0.3, -0.25) is 19.2 Å². The maximum atomic E-state index is 14.0. The van der Waals surface area contributed by atoms with Crippen molar-refractivity contribution >= 4 is 29.5 Å². The van der Waals surface area contributed by atoms with Crippen molar-refractivity contribution in [3.63, 3.8) is 0 Å². The molecule has 3 aliphatic carbocycles. The van der Waals surface area contributed by atoms with Gasteiger partial charge in [0.15, 0.2) is 11.6 Å². The van der Waals surface area contributed by atoms with Crippen molar-refractivity contribution in [2.45, 2.75) is 73.0 Å². The molecular formula is C28H36O8. The molecule has 0 radical (unpaired) electrons. The molecule has 0 unspecified atom stereocenters. The summed E-state index contributed by atoms with van der Waals surface area (Å²) in [6.45, 7) is 16.2. The minimum atomic E-state index is -2.08. The summed E-state index contributed by atoms with van der Waals surface area (Å²) in [6, 6.07) is 0. The van der Waals surface area contributed by atoms with Crippen LogP contribution in [0.15, 0.2) is 24.3 Å². The third-order valence-corrected chi connectivity index (χ3v) is 10.00. The van der Waals surface area contributed by atoms with Crippen LogP contribution in [0.1, 0.15) is 61.3 Å². The number of allylic oxidation sites excluding steroid dienone is 3. The first-order valence-corrected chi connectivity index (χ1v) is 12.4. The first kappa shape index (κ1) is 26.3. The van der Waals surface area contributed by atoms with E-state index in [9.17, 15) is 24.0 Å². The van der Waals surface area contributed by atoms with E-state index in [1.165, 1.54) is 13.8 Å². The van der Waals surface area contributed by atoms with E-state index in [1.807, 2.05) is 33.8 Å². The second-order valence-electron chi connectivity index (χ2n) is 12.4. The van der Waals surface area contributed by atoms with Crippen LogP contribution in [0.5, 0.6) is 0 Å². The second kappa shape index (κ2) is 7.62. The average molecular weight is 501 g/mol. The molecular weight excluding hydrogens is 464 g/mol. The molecule has 1 saturated heterocycles. The highest BCUT2D eigenvalue weighted by Crippen LogP contribution is 2.71. The SMILES string of the molecule is C=C1C[C@H]2[C@]3(C)C=CC(=O)C(C)(C)[C@H]3[C@@H](OC(C)=O)C[C@]2(C)[C@@H]2C(=O)O[C@](C)(C(=O)OC)C(=O)[C@]12C. The highest BCUT2D eigenvalue weighted by Gasteiger charge is 2.75. The van der Waals surface area contributed by atoms with E-state index in [-0.39, 0.29) is 24.0 Å². The molecule has 4 rings (SSSR count). The third kappa shape index (κ3) is 3.02. The van der Waals surface area contributed by atoms with Crippen molar-refractivity contribution in [1.82, 2.24) is 0 Å². The minimum absolute atomic E-state index is 0.0497. The lowest BCUT2D eigenvalue weighted by Crippen LogP contribution is -2.72. The molecule has 8 heteroatoms. The Hall–Kier alpha value is -2.77. The maximum absolute atomic E-state index is 14.0. The fourth-order valence-corrected chi connectivity index (χ4v) is 8.45. The van der Waals surface area contributed by atoms with Crippen LogP contribution < -0.4 is 0 Å². The lowest BCUT2D eigenvalue weighted by atomic mass is 9.36. The predicted molar refractivity (Wildman–Crippen MR) is 128 cm³/mol. The Morgan fingerprint density at radius 3 is 2.25 bits per heavy atom. The van der Waals surface area contributed by atoms with Gasteiger partial charge >= 0.3 is 17.9 Å². The van der Waals surface area contributed by atoms with Crippen molar-refractivity contribution in [2.24, 2.45) is 39.4 Å². The topological polar surface area (TPSA) is 113 Å². The molecule has 8 nitrogen and oxygen atoms in total. The van der Waals surface area contributed by atoms with Gasteiger partial charge in [0.2, 0.25) is 0 Å². The van der Waals surface area contributed by atoms with Gasteiger partial charge in [-0.1, -0.05) is 45.9 Å². The van der Waals surface area contributed by atoms with Gasteiger partial charge in [0, 0.05) is 18.3 Å². The summed E-state index contributed by atoms with van der Waals surface area (Å²) >= 11 is 0. The molecule has 36 heavy (non-hydrogen) atoms. The highest BCUT2D eigenvalue weighted by atomic mass is 16.6. The number of carbonyl (C=O) groups excluding carboxylic acids is 5. The molecule has 0 aromatic heterocycles. The quantitative estimate of drug-likeness (QED) is 0.245. The molecule has 2 saturated carbocycles. The molecule has 0 aromatic carbocycles. The predicted octanol–water partition coefficient (Wildman–Crippen LogP) is 3.37. The number of carbonyl (C=O) groups is 5. The number of methoxy groups -OCH3 is 1. The molecule has 0 bridgehead atoms. The van der Waals surface area contributed by atoms with Crippen LogP contribution >= 0.6 is 0 Å². The van der Waals surface area contributed by atoms with Crippen LogP contribution in [0.3, 0.4) is 0 Å². The first-order chi connectivity index (χ1) is 16.4. The van der Waals surface area contributed by atoms with Crippen molar-refractivity contribution in [3.05, 3.63) is 24.3 Å². The van der Waals surface area contributed by atoms with Gasteiger partial charge in [0.25, 0.3) is 5.60 Å². The van der Waals surface area contributed by atoms with E-state index in [2.05, 4.69) is 6.58 Å². The number of ether oxygens (including phenoxy) is 3. The molecule has 4 aliphatic rings. The smallest absolute Gasteiger partial charge is 0.358 e. The number of rotatable bonds is 2. The van der Waals surface area contributed by atoms with E-state index in [0.29, 0.717) is 12.0 Å². The molecule has 1 heterocycles. The number of hydrogen-bond donors (Lipinski definition) is 0. The van der Waals surface area contributed by atoms with Crippen LogP contribution in [-0.4, -0.2) is 48.3 Å². The zero-order valence-corrected chi connectivity index (χ0v) is 22.4. The van der Waals surface area contributed by atoms with Crippen LogP contribution in [-0.2, 0) is 38.2 Å². The van der Waals surface area contributed by atoms with Crippen molar-refractivity contribution in [3.8, 4) is 0 Å². The molecule has 3 fully saturated rings. The Morgan fingerprint density at radius 2 is 1.69 bits per heavy atom. The zero-order chi connectivity index (χ0) is 27.2. The van der Waals surface area contributed by atoms with Gasteiger partial charge in [0.1, 0.15) is 6.10 Å². The van der Waals surface area contributed by atoms with E-state index >= 15 is 0 Å². The van der Waals surface area contributed by atoms with Crippen LogP contribution in [0.4, 0.5) is 0 Å². The van der Waals surface area contributed by atoms with E-state index in [0.717, 1.165) is 7.11 Å². The first-order valence-electron chi connectivity index (χ1n) is 12.4. The summed E-state index contributed by atoms with van der Waals surface area (Å²) in [6.07, 6.45) is 3.45. The molecule has 1 aliphatic heterocycles. The number of fused-ring (bicyclic) bond motifs is 5. The van der Waals surface area contributed by atoms with E-state index < -0.39 is 63.0 Å². The van der Waals surface area contributed by atoms with Crippen LogP contribution in [0.2, 0.25) is 0 Å². The average Bonchev–Trinajstić information content (AvgIpc) is 2.75. The Labute approximate surface area is 211 Å². The summed E-state index contributed by atoms with van der Waals surface area (Å²) in [7, 11) is 1.14. The fraction of sp³-hybridized carbons (Fsp3) is 0.679. The molecule has 196 valence electrons. The highest BCUT2D eigenvalue weighted by molar-refractivity contribution is 6.15. The number of cyclic esters (lactones) is 1. The molecule has 8 atom stereocenters. The third-order valence-electron chi connectivity index (χ3n) is 10.00. The number of hydrogen-bond acceptors (Lipinski definition) is 8. The molecule has 0 amide bonds. The van der Waals surface area contributed by atoms with Crippen molar-refractivity contribution in [1.29, 1.82) is 0 Å². The Morgan fingerprint density at radius 1 is 1.08 bits per heavy atom. The van der Waals surface area contributed by atoms with Gasteiger partial charge in [0.05, 0.1) is 18.4 Å². The Bertz CT molecular complexity index is 1130. The molecule has 0 N–H and O–H groups in total. The Balaban J connectivity index is 1.93. The largest absolute Gasteiger partial charge is 0.466 e. The number of Topliss-reactive ketones (excluding diaryl/α,β-unsaturated/α-hetero) is 1. The van der Waals surface area contributed by atoms with Gasteiger partial charge in [-0.05, 0) is 49.5 Å². The summed E-state index contributed by atoms with van der Waals surface area (Å²) in [4.78, 5) is 65.5. The fourth-order valence-electron chi connectivity index (χ4n) is 8.45. The molecule has 0 spiro atoms. The number of ketones is 2. The van der Waals surface area contributed by atoms with Gasteiger partial charge in [-0.25, -0.2) is 4.79 Å². The van der Waals surface area contributed by atoms with Crippen molar-refractivity contribution < 1.29 is 38.2 Å². The molecule has 0 aromatic rings. The standard InChI is InChI=1S/C28H36O8/c1-14-12-17-25(5)11-10-18(30)24(3,4)19(25)16(35-15(2)29)13-26(17,6)20-21(31)36-28(8,23(33)34-9)22(32)27(14,20)7/h10-11,16-17,19-20H,1,12-13H2,2-9H3/t16-,17-,19+,20-,25-,26-,27+,28-/m0/s1. The monoisotopic (exact) mass is 500 g/mol.